The molecule has 1 heterocycles. The van der Waals surface area contributed by atoms with Gasteiger partial charge in [0.25, 0.3) is 0 Å². The highest BCUT2D eigenvalue weighted by Crippen LogP contribution is 2.25. The molecule has 0 atom stereocenters. The number of halogens is 1. The molecular formula is C13H13FN2O3. The van der Waals surface area contributed by atoms with Gasteiger partial charge in [-0.3, -0.25) is 4.68 Å². The molecule has 2 aromatic rings. The summed E-state index contributed by atoms with van der Waals surface area (Å²) in [5.74, 6) is -1.77. The summed E-state index contributed by atoms with van der Waals surface area (Å²) in [4.78, 5) is 11.0. The molecule has 0 amide bonds. The molecule has 0 radical (unpaired) electrons. The molecule has 0 spiro atoms. The lowest BCUT2D eigenvalue weighted by molar-refractivity contribution is 0.0696. The Labute approximate surface area is 109 Å². The predicted molar refractivity (Wildman–Crippen MR) is 66.3 cm³/mol. The first-order valence-electron chi connectivity index (χ1n) is 5.57. The number of hydrogen-bond acceptors (Lipinski definition) is 3. The summed E-state index contributed by atoms with van der Waals surface area (Å²) < 4.78 is 20.1. The third kappa shape index (κ3) is 2.63. The van der Waals surface area contributed by atoms with Crippen molar-refractivity contribution in [2.24, 2.45) is 7.05 Å². The molecule has 1 aromatic carbocycles. The Morgan fingerprint density at radius 1 is 1.47 bits per heavy atom. The van der Waals surface area contributed by atoms with Crippen LogP contribution in [0.15, 0.2) is 24.4 Å². The van der Waals surface area contributed by atoms with Gasteiger partial charge in [0.1, 0.15) is 5.82 Å². The van der Waals surface area contributed by atoms with Crippen LogP contribution in [-0.4, -0.2) is 28.0 Å². The van der Waals surface area contributed by atoms with Gasteiger partial charge in [-0.1, -0.05) is 0 Å². The van der Waals surface area contributed by atoms with E-state index < -0.39 is 11.8 Å². The van der Waals surface area contributed by atoms with Crippen molar-refractivity contribution in [3.05, 3.63) is 41.3 Å². The SMILES string of the molecule is COCc1cnn(C)c1-c1cc(F)cc(C(=O)O)c1. The summed E-state index contributed by atoms with van der Waals surface area (Å²) in [6.07, 6.45) is 1.62. The lowest BCUT2D eigenvalue weighted by Gasteiger charge is -2.07. The number of carbonyl (C=O) groups is 1. The fourth-order valence-corrected chi connectivity index (χ4v) is 1.97. The maximum atomic E-state index is 13.5. The summed E-state index contributed by atoms with van der Waals surface area (Å²) in [6, 6.07) is 3.68. The number of carboxylic acid groups (broad SMARTS) is 1. The van der Waals surface area contributed by atoms with Crippen LogP contribution in [0.5, 0.6) is 0 Å². The summed E-state index contributed by atoms with van der Waals surface area (Å²) in [5, 5.41) is 13.0. The fraction of sp³-hybridized carbons (Fsp3) is 0.231. The topological polar surface area (TPSA) is 64.4 Å². The molecule has 100 valence electrons. The van der Waals surface area contributed by atoms with Crippen LogP contribution in [0.1, 0.15) is 15.9 Å². The number of rotatable bonds is 4. The minimum Gasteiger partial charge on any atom is -0.478 e. The smallest absolute Gasteiger partial charge is 0.335 e. The number of aromatic carboxylic acids is 1. The van der Waals surface area contributed by atoms with Crippen LogP contribution >= 0.6 is 0 Å². The maximum absolute atomic E-state index is 13.5. The van der Waals surface area contributed by atoms with E-state index in [2.05, 4.69) is 5.10 Å². The quantitative estimate of drug-likeness (QED) is 0.918. The Hall–Kier alpha value is -2.21. The summed E-state index contributed by atoms with van der Waals surface area (Å²) in [7, 11) is 3.25. The Bertz CT molecular complexity index is 622. The van der Waals surface area contributed by atoms with Crippen LogP contribution in [0.4, 0.5) is 4.39 Å². The van der Waals surface area contributed by atoms with E-state index in [1.54, 1.807) is 25.0 Å². The number of carboxylic acids is 1. The van der Waals surface area contributed by atoms with Gasteiger partial charge in [0, 0.05) is 25.3 Å². The first-order valence-corrected chi connectivity index (χ1v) is 5.57. The Balaban J connectivity index is 2.58. The van der Waals surface area contributed by atoms with Crippen LogP contribution in [0.2, 0.25) is 0 Å². The molecule has 1 N–H and O–H groups in total. The molecule has 1 aromatic heterocycles. The number of aryl methyl sites for hydroxylation is 1. The molecule has 19 heavy (non-hydrogen) atoms. The summed E-state index contributed by atoms with van der Waals surface area (Å²) in [5.41, 5.74) is 1.78. The van der Waals surface area contributed by atoms with E-state index in [4.69, 9.17) is 9.84 Å². The lowest BCUT2D eigenvalue weighted by Crippen LogP contribution is -2.01. The number of ether oxygens (including phenoxy) is 1. The molecule has 0 saturated carbocycles. The molecule has 0 unspecified atom stereocenters. The van der Waals surface area contributed by atoms with Crippen molar-refractivity contribution in [1.29, 1.82) is 0 Å². The van der Waals surface area contributed by atoms with Crippen molar-refractivity contribution < 1.29 is 19.0 Å². The van der Waals surface area contributed by atoms with E-state index in [-0.39, 0.29) is 5.56 Å². The number of aromatic nitrogens is 2. The molecule has 0 aliphatic carbocycles. The van der Waals surface area contributed by atoms with Crippen molar-refractivity contribution >= 4 is 5.97 Å². The van der Waals surface area contributed by atoms with Gasteiger partial charge in [-0.15, -0.1) is 0 Å². The summed E-state index contributed by atoms with van der Waals surface area (Å²) in [6.45, 7) is 0.322. The first kappa shape index (κ1) is 13.2. The molecule has 0 aliphatic rings. The average Bonchev–Trinajstić information content (AvgIpc) is 2.70. The second-order valence-corrected chi connectivity index (χ2v) is 4.11. The normalized spacial score (nSPS) is 10.7. The van der Waals surface area contributed by atoms with Gasteiger partial charge in [-0.2, -0.15) is 5.10 Å². The van der Waals surface area contributed by atoms with Gasteiger partial charge in [0.15, 0.2) is 0 Å². The number of methoxy groups -OCH3 is 1. The second-order valence-electron chi connectivity index (χ2n) is 4.11. The van der Waals surface area contributed by atoms with Gasteiger partial charge in [-0.25, -0.2) is 9.18 Å². The van der Waals surface area contributed by atoms with Crippen molar-refractivity contribution in [3.8, 4) is 11.3 Å². The molecule has 6 heteroatoms. The number of nitrogens with zero attached hydrogens (tertiary/aromatic N) is 2. The van der Waals surface area contributed by atoms with Crippen LogP contribution in [0, 0.1) is 5.82 Å². The van der Waals surface area contributed by atoms with E-state index in [1.165, 1.54) is 12.1 Å². The van der Waals surface area contributed by atoms with E-state index >= 15 is 0 Å². The van der Waals surface area contributed by atoms with Crippen molar-refractivity contribution in [1.82, 2.24) is 9.78 Å². The van der Waals surface area contributed by atoms with Gasteiger partial charge < -0.3 is 9.84 Å². The van der Waals surface area contributed by atoms with E-state index in [0.717, 1.165) is 11.6 Å². The van der Waals surface area contributed by atoms with Gasteiger partial charge in [0.2, 0.25) is 0 Å². The van der Waals surface area contributed by atoms with Crippen molar-refractivity contribution in [2.45, 2.75) is 6.61 Å². The van der Waals surface area contributed by atoms with Crippen LogP contribution in [0.3, 0.4) is 0 Å². The lowest BCUT2D eigenvalue weighted by atomic mass is 10.0. The highest BCUT2D eigenvalue weighted by atomic mass is 19.1. The highest BCUT2D eigenvalue weighted by molar-refractivity contribution is 5.89. The molecule has 0 bridgehead atoms. The fourth-order valence-electron chi connectivity index (χ4n) is 1.97. The largest absolute Gasteiger partial charge is 0.478 e. The minimum absolute atomic E-state index is 0.0976. The second kappa shape index (κ2) is 5.19. The van der Waals surface area contributed by atoms with Crippen LogP contribution in [0.25, 0.3) is 11.3 Å². The minimum atomic E-state index is -1.17. The Morgan fingerprint density at radius 2 is 2.21 bits per heavy atom. The molecule has 0 saturated heterocycles. The van der Waals surface area contributed by atoms with Crippen LogP contribution < -0.4 is 0 Å². The first-order chi connectivity index (χ1) is 9.02. The van der Waals surface area contributed by atoms with Crippen molar-refractivity contribution in [3.63, 3.8) is 0 Å². The molecule has 0 aliphatic heterocycles. The van der Waals surface area contributed by atoms with Gasteiger partial charge in [0.05, 0.1) is 24.1 Å². The third-order valence-electron chi connectivity index (χ3n) is 2.73. The summed E-state index contributed by atoms with van der Waals surface area (Å²) >= 11 is 0. The highest BCUT2D eigenvalue weighted by Gasteiger charge is 2.14. The zero-order valence-corrected chi connectivity index (χ0v) is 10.6. The molecular weight excluding hydrogens is 251 g/mol. The maximum Gasteiger partial charge on any atom is 0.335 e. The Morgan fingerprint density at radius 3 is 2.84 bits per heavy atom. The van der Waals surface area contributed by atoms with Crippen molar-refractivity contribution in [2.75, 3.05) is 7.11 Å². The van der Waals surface area contributed by atoms with E-state index in [1.807, 2.05) is 0 Å². The van der Waals surface area contributed by atoms with E-state index in [0.29, 0.717) is 17.9 Å². The van der Waals surface area contributed by atoms with Gasteiger partial charge in [-0.05, 0) is 18.2 Å². The monoisotopic (exact) mass is 264 g/mol. The predicted octanol–water partition coefficient (Wildman–Crippen LogP) is 2.07. The molecule has 5 nitrogen and oxygen atoms in total. The third-order valence-corrected chi connectivity index (χ3v) is 2.73. The number of hydrogen-bond donors (Lipinski definition) is 1. The Kier molecular flexibility index (Phi) is 3.62. The molecule has 2 rings (SSSR count). The van der Waals surface area contributed by atoms with E-state index in [9.17, 15) is 9.18 Å². The zero-order chi connectivity index (χ0) is 14.0. The van der Waals surface area contributed by atoms with Gasteiger partial charge >= 0.3 is 5.97 Å². The number of benzene rings is 1. The average molecular weight is 264 g/mol. The zero-order valence-electron chi connectivity index (χ0n) is 10.6. The standard InChI is InChI=1S/C13H13FN2O3/c1-16-12(10(6-15-16)7-19-2)8-3-9(13(17)18)5-11(14)4-8/h3-6H,7H2,1-2H3,(H,17,18). The van der Waals surface area contributed by atoms with Crippen LogP contribution in [-0.2, 0) is 18.4 Å². The molecule has 0 fully saturated rings.